The van der Waals surface area contributed by atoms with Crippen LogP contribution in [0.4, 0.5) is 0 Å². The average Bonchev–Trinajstić information content (AvgIpc) is 2.49. The first-order valence-electron chi connectivity index (χ1n) is 5.69. The smallest absolute Gasteiger partial charge is 0.0909 e. The van der Waals surface area contributed by atoms with Crippen LogP contribution in [0.3, 0.4) is 0 Å². The number of rotatable bonds is 1. The number of hydrogen-bond acceptors (Lipinski definition) is 2. The monoisotopic (exact) mass is 224 g/mol. The van der Waals surface area contributed by atoms with E-state index in [1.807, 2.05) is 0 Å². The van der Waals surface area contributed by atoms with E-state index < -0.39 is 5.60 Å². The highest BCUT2D eigenvalue weighted by molar-refractivity contribution is 7.10. The topological polar surface area (TPSA) is 20.2 Å². The van der Waals surface area contributed by atoms with E-state index in [2.05, 4.69) is 32.2 Å². The summed E-state index contributed by atoms with van der Waals surface area (Å²) in [5, 5.41) is 12.8. The molecule has 0 amide bonds. The standard InChI is InChI=1S/C13H20OS/c1-10-7-11(8-15-10)13(14)6-4-5-12(2,3)9-13/h7-8,14H,4-6,9H2,1-3H3. The summed E-state index contributed by atoms with van der Waals surface area (Å²) in [5.41, 5.74) is 0.854. The molecule has 0 aliphatic heterocycles. The summed E-state index contributed by atoms with van der Waals surface area (Å²) in [6, 6.07) is 2.14. The summed E-state index contributed by atoms with van der Waals surface area (Å²) in [5.74, 6) is 0. The Hall–Kier alpha value is -0.340. The van der Waals surface area contributed by atoms with Gasteiger partial charge < -0.3 is 5.11 Å². The lowest BCUT2D eigenvalue weighted by Crippen LogP contribution is -2.36. The van der Waals surface area contributed by atoms with Crippen LogP contribution in [0, 0.1) is 12.3 Å². The fourth-order valence-electron chi connectivity index (χ4n) is 2.76. The van der Waals surface area contributed by atoms with Gasteiger partial charge in [-0.2, -0.15) is 0 Å². The van der Waals surface area contributed by atoms with Crippen LogP contribution in [-0.4, -0.2) is 5.11 Å². The second kappa shape index (κ2) is 3.60. The largest absolute Gasteiger partial charge is 0.385 e. The van der Waals surface area contributed by atoms with Crippen LogP contribution in [0.15, 0.2) is 11.4 Å². The van der Waals surface area contributed by atoms with Crippen molar-refractivity contribution in [2.45, 2.75) is 52.1 Å². The predicted octanol–water partition coefficient (Wildman–Crippen LogP) is 3.84. The van der Waals surface area contributed by atoms with Crippen LogP contribution in [0.5, 0.6) is 0 Å². The van der Waals surface area contributed by atoms with E-state index in [0.717, 1.165) is 24.8 Å². The van der Waals surface area contributed by atoms with Crippen LogP contribution in [-0.2, 0) is 5.60 Å². The van der Waals surface area contributed by atoms with E-state index in [1.54, 1.807) is 11.3 Å². The van der Waals surface area contributed by atoms with Gasteiger partial charge in [0, 0.05) is 4.88 Å². The van der Waals surface area contributed by atoms with Crippen LogP contribution < -0.4 is 0 Å². The molecule has 1 fully saturated rings. The van der Waals surface area contributed by atoms with Crippen molar-refractivity contribution in [2.24, 2.45) is 5.41 Å². The second-order valence-electron chi connectivity index (χ2n) is 5.67. The molecule has 0 saturated heterocycles. The Morgan fingerprint density at radius 2 is 2.07 bits per heavy atom. The van der Waals surface area contributed by atoms with Crippen molar-refractivity contribution in [3.05, 3.63) is 21.9 Å². The average molecular weight is 224 g/mol. The van der Waals surface area contributed by atoms with Crippen LogP contribution in [0.2, 0.25) is 0 Å². The Balaban J connectivity index is 2.26. The normalized spacial score (nSPS) is 30.4. The van der Waals surface area contributed by atoms with E-state index >= 15 is 0 Å². The molecular formula is C13H20OS. The molecule has 0 spiro atoms. The minimum Gasteiger partial charge on any atom is -0.385 e. The lowest BCUT2D eigenvalue weighted by atomic mass is 9.68. The zero-order valence-corrected chi connectivity index (χ0v) is 10.7. The first kappa shape index (κ1) is 11.2. The molecule has 0 aromatic carbocycles. The van der Waals surface area contributed by atoms with E-state index in [9.17, 15) is 5.11 Å². The lowest BCUT2D eigenvalue weighted by Gasteiger charge is -2.41. The van der Waals surface area contributed by atoms with Crippen molar-refractivity contribution < 1.29 is 5.11 Å². The molecule has 1 aromatic heterocycles. The maximum Gasteiger partial charge on any atom is 0.0909 e. The number of hydrogen-bond donors (Lipinski definition) is 1. The van der Waals surface area contributed by atoms with Crippen LogP contribution in [0.25, 0.3) is 0 Å². The van der Waals surface area contributed by atoms with Gasteiger partial charge in [-0.1, -0.05) is 13.8 Å². The zero-order chi connectivity index (χ0) is 11.1. The van der Waals surface area contributed by atoms with Gasteiger partial charge in [0.1, 0.15) is 0 Å². The Morgan fingerprint density at radius 3 is 2.60 bits per heavy atom. The Morgan fingerprint density at radius 1 is 1.33 bits per heavy atom. The molecule has 1 N–H and O–H groups in total. The molecule has 1 aromatic rings. The third-order valence-corrected chi connectivity index (χ3v) is 4.34. The van der Waals surface area contributed by atoms with Gasteiger partial charge in [0.25, 0.3) is 0 Å². The van der Waals surface area contributed by atoms with Gasteiger partial charge in [0.15, 0.2) is 0 Å². The lowest BCUT2D eigenvalue weighted by molar-refractivity contribution is -0.0437. The summed E-state index contributed by atoms with van der Waals surface area (Å²) in [7, 11) is 0. The van der Waals surface area contributed by atoms with Crippen LogP contribution >= 0.6 is 11.3 Å². The maximum atomic E-state index is 10.7. The number of aliphatic hydroxyl groups is 1. The molecule has 2 heteroatoms. The predicted molar refractivity (Wildman–Crippen MR) is 65.2 cm³/mol. The first-order chi connectivity index (χ1) is 6.91. The van der Waals surface area contributed by atoms with Crippen molar-refractivity contribution in [1.82, 2.24) is 0 Å². The van der Waals surface area contributed by atoms with Crippen molar-refractivity contribution in [2.75, 3.05) is 0 Å². The minimum absolute atomic E-state index is 0.281. The van der Waals surface area contributed by atoms with Gasteiger partial charge in [-0.15, -0.1) is 11.3 Å². The second-order valence-corrected chi connectivity index (χ2v) is 6.79. The van der Waals surface area contributed by atoms with Gasteiger partial charge >= 0.3 is 0 Å². The maximum absolute atomic E-state index is 10.7. The SMILES string of the molecule is Cc1cc(C2(O)CCCC(C)(C)C2)cs1. The van der Waals surface area contributed by atoms with Crippen molar-refractivity contribution in [3.8, 4) is 0 Å². The quantitative estimate of drug-likeness (QED) is 0.768. The van der Waals surface area contributed by atoms with Crippen molar-refractivity contribution in [1.29, 1.82) is 0 Å². The van der Waals surface area contributed by atoms with E-state index in [0.29, 0.717) is 0 Å². The molecule has 1 aliphatic carbocycles. The van der Waals surface area contributed by atoms with Gasteiger partial charge in [-0.3, -0.25) is 0 Å². The summed E-state index contributed by atoms with van der Waals surface area (Å²) in [4.78, 5) is 1.29. The Labute approximate surface area is 96.1 Å². The highest BCUT2D eigenvalue weighted by Crippen LogP contribution is 2.46. The molecule has 15 heavy (non-hydrogen) atoms. The fraction of sp³-hybridized carbons (Fsp3) is 0.692. The molecule has 84 valence electrons. The number of thiophene rings is 1. The molecule has 1 saturated carbocycles. The summed E-state index contributed by atoms with van der Waals surface area (Å²) in [6.07, 6.45) is 4.19. The highest BCUT2D eigenvalue weighted by Gasteiger charge is 2.39. The first-order valence-corrected chi connectivity index (χ1v) is 6.57. The molecule has 1 aliphatic rings. The summed E-state index contributed by atoms with van der Waals surface area (Å²) in [6.45, 7) is 6.62. The molecule has 1 atom stereocenters. The molecule has 0 bridgehead atoms. The highest BCUT2D eigenvalue weighted by atomic mass is 32.1. The van der Waals surface area contributed by atoms with Crippen LogP contribution in [0.1, 0.15) is 50.0 Å². The number of aryl methyl sites for hydroxylation is 1. The molecule has 1 unspecified atom stereocenters. The summed E-state index contributed by atoms with van der Waals surface area (Å²) < 4.78 is 0. The van der Waals surface area contributed by atoms with Gasteiger partial charge in [-0.25, -0.2) is 0 Å². The molecular weight excluding hydrogens is 204 g/mol. The van der Waals surface area contributed by atoms with E-state index in [4.69, 9.17) is 0 Å². The summed E-state index contributed by atoms with van der Waals surface area (Å²) >= 11 is 1.74. The minimum atomic E-state index is -0.563. The third-order valence-electron chi connectivity index (χ3n) is 3.48. The Bertz CT molecular complexity index is 353. The van der Waals surface area contributed by atoms with Gasteiger partial charge in [0.2, 0.25) is 0 Å². The molecule has 0 radical (unpaired) electrons. The molecule has 1 nitrogen and oxygen atoms in total. The van der Waals surface area contributed by atoms with Crippen molar-refractivity contribution >= 4 is 11.3 Å². The van der Waals surface area contributed by atoms with Crippen molar-refractivity contribution in [3.63, 3.8) is 0 Å². The zero-order valence-electron chi connectivity index (χ0n) is 9.84. The fourth-order valence-corrected chi connectivity index (χ4v) is 3.56. The Kier molecular flexibility index (Phi) is 2.68. The van der Waals surface area contributed by atoms with E-state index in [1.165, 1.54) is 11.3 Å². The molecule has 2 rings (SSSR count). The van der Waals surface area contributed by atoms with E-state index in [-0.39, 0.29) is 5.41 Å². The molecule has 1 heterocycles. The van der Waals surface area contributed by atoms with Gasteiger partial charge in [0.05, 0.1) is 5.60 Å². The van der Waals surface area contributed by atoms with Gasteiger partial charge in [-0.05, 0) is 55.0 Å². The third kappa shape index (κ3) is 2.26.